The van der Waals surface area contributed by atoms with Gasteiger partial charge in [-0.05, 0) is 18.4 Å². The quantitative estimate of drug-likeness (QED) is 0.700. The van der Waals surface area contributed by atoms with Gasteiger partial charge in [0.2, 0.25) is 0 Å². The number of rotatable bonds is 7. The van der Waals surface area contributed by atoms with Gasteiger partial charge in [0.05, 0.1) is 0 Å². The molecule has 0 aromatic heterocycles. The van der Waals surface area contributed by atoms with Gasteiger partial charge in [-0.25, -0.2) is 4.79 Å². The topological polar surface area (TPSA) is 26.3 Å². The van der Waals surface area contributed by atoms with Gasteiger partial charge in [-0.3, -0.25) is 0 Å². The summed E-state index contributed by atoms with van der Waals surface area (Å²) in [5, 5.41) is 0. The molecule has 0 saturated carbocycles. The van der Waals surface area contributed by atoms with Crippen molar-refractivity contribution in [2.75, 3.05) is 0 Å². The monoisotopic (exact) mass is 219 g/mol. The normalized spacial score (nSPS) is 11.1. The maximum absolute atomic E-state index is 10.6. The second-order valence-electron chi connectivity index (χ2n) is 4.05. The fourth-order valence-electron chi connectivity index (χ4n) is 2.20. The Balaban J connectivity index is 3.04. The van der Waals surface area contributed by atoms with Crippen LogP contribution in [0.25, 0.3) is 0 Å². The molecule has 0 aliphatic rings. The van der Waals surface area contributed by atoms with Crippen LogP contribution in [0.5, 0.6) is 0 Å². The summed E-state index contributed by atoms with van der Waals surface area (Å²) >= 11 is 0. The van der Waals surface area contributed by atoms with E-state index in [1.807, 2.05) is 30.3 Å². The molecule has 0 atom stereocenters. The molecule has 1 aromatic rings. The number of carbonyl (C=O) groups excluding carboxylic acids is 1. The molecule has 87 valence electrons. The molecule has 0 fully saturated rings. The first-order valence-electron chi connectivity index (χ1n) is 5.89. The van der Waals surface area contributed by atoms with E-state index in [0.29, 0.717) is 0 Å². The van der Waals surface area contributed by atoms with Crippen LogP contribution in [0.1, 0.15) is 45.1 Å². The summed E-state index contributed by atoms with van der Waals surface area (Å²) in [6, 6.07) is 9.95. The molecule has 2 nitrogen and oxygen atoms in total. The molecule has 1 aromatic carbocycles. The number of hydrogen-bond donors (Lipinski definition) is 0. The third kappa shape index (κ3) is 2.84. The molecule has 16 heavy (non-hydrogen) atoms. The molecule has 0 heterocycles. The van der Waals surface area contributed by atoms with Gasteiger partial charge in [0.15, 0.2) is 0 Å². The fraction of sp³-hybridized carbons (Fsp3) is 0.500. The lowest BCUT2D eigenvalue weighted by molar-refractivity contribution is 0.0284. The van der Waals surface area contributed by atoms with Crippen molar-refractivity contribution in [3.63, 3.8) is 0 Å². The summed E-state index contributed by atoms with van der Waals surface area (Å²) in [6.07, 6.45) is 3.66. The lowest BCUT2D eigenvalue weighted by atomic mass is 9.85. The molecule has 0 aliphatic heterocycles. The van der Waals surface area contributed by atoms with Crippen molar-refractivity contribution in [2.24, 2.45) is 0 Å². The highest BCUT2D eigenvalue weighted by Gasteiger charge is 2.32. The van der Waals surface area contributed by atoms with Gasteiger partial charge in [0.1, 0.15) is 5.60 Å². The first-order chi connectivity index (χ1) is 7.79. The maximum Gasteiger partial charge on any atom is 0.418 e. The Bertz CT molecular complexity index is 300. The van der Waals surface area contributed by atoms with Crippen LogP contribution < -0.4 is 0 Å². The van der Waals surface area contributed by atoms with E-state index in [1.165, 1.54) is 0 Å². The molecule has 1 radical (unpaired) electrons. The molecular formula is C14H19O2. The Morgan fingerprint density at radius 2 is 1.69 bits per heavy atom. The average molecular weight is 219 g/mol. The summed E-state index contributed by atoms with van der Waals surface area (Å²) in [7, 11) is 0. The highest BCUT2D eigenvalue weighted by atomic mass is 16.5. The van der Waals surface area contributed by atoms with Crippen LogP contribution in [0, 0.1) is 0 Å². The van der Waals surface area contributed by atoms with Crippen molar-refractivity contribution in [3.8, 4) is 0 Å². The van der Waals surface area contributed by atoms with Gasteiger partial charge < -0.3 is 4.74 Å². The van der Waals surface area contributed by atoms with E-state index in [9.17, 15) is 4.79 Å². The third-order valence-corrected chi connectivity index (χ3v) is 2.84. The van der Waals surface area contributed by atoms with E-state index >= 15 is 0 Å². The SMILES string of the molecule is CCCC(CCC)(O[C]=O)c1ccccc1. The minimum Gasteiger partial charge on any atom is -0.446 e. The molecular weight excluding hydrogens is 200 g/mol. The predicted molar refractivity (Wildman–Crippen MR) is 64.7 cm³/mol. The third-order valence-electron chi connectivity index (χ3n) is 2.84. The first kappa shape index (κ1) is 12.8. The maximum atomic E-state index is 10.6. The molecule has 0 amide bonds. The zero-order valence-corrected chi connectivity index (χ0v) is 10.0. The van der Waals surface area contributed by atoms with Crippen LogP contribution in [0.15, 0.2) is 30.3 Å². The summed E-state index contributed by atoms with van der Waals surface area (Å²) in [5.74, 6) is 0. The molecule has 0 bridgehead atoms. The first-order valence-corrected chi connectivity index (χ1v) is 5.89. The van der Waals surface area contributed by atoms with E-state index in [0.717, 1.165) is 31.2 Å². The summed E-state index contributed by atoms with van der Waals surface area (Å²) < 4.78 is 5.29. The predicted octanol–water partition coefficient (Wildman–Crippen LogP) is 3.57. The van der Waals surface area contributed by atoms with E-state index in [-0.39, 0.29) is 0 Å². The average Bonchev–Trinajstić information content (AvgIpc) is 2.31. The lowest BCUT2D eigenvalue weighted by Gasteiger charge is -2.31. The highest BCUT2D eigenvalue weighted by Crippen LogP contribution is 2.34. The second kappa shape index (κ2) is 6.31. The van der Waals surface area contributed by atoms with Crippen LogP contribution in [-0.4, -0.2) is 6.47 Å². The van der Waals surface area contributed by atoms with E-state index in [2.05, 4.69) is 13.8 Å². The highest BCUT2D eigenvalue weighted by molar-refractivity contribution is 5.41. The van der Waals surface area contributed by atoms with Gasteiger partial charge in [-0.15, -0.1) is 0 Å². The molecule has 1 rings (SSSR count). The molecule has 0 aliphatic carbocycles. The number of ether oxygens (including phenoxy) is 1. The molecule has 2 heteroatoms. The van der Waals surface area contributed by atoms with Crippen LogP contribution >= 0.6 is 0 Å². The Hall–Kier alpha value is -1.31. The molecule has 0 spiro atoms. The minimum atomic E-state index is -0.480. The van der Waals surface area contributed by atoms with Crippen LogP contribution in [0.4, 0.5) is 0 Å². The van der Waals surface area contributed by atoms with Gasteiger partial charge in [0, 0.05) is 0 Å². The van der Waals surface area contributed by atoms with Crippen LogP contribution in [0.2, 0.25) is 0 Å². The van der Waals surface area contributed by atoms with Crippen LogP contribution in [-0.2, 0) is 15.1 Å². The smallest absolute Gasteiger partial charge is 0.418 e. The Morgan fingerprint density at radius 3 is 2.12 bits per heavy atom. The summed E-state index contributed by atoms with van der Waals surface area (Å²) in [5.41, 5.74) is 0.592. The Kier molecular flexibility index (Phi) is 5.03. The fourth-order valence-corrected chi connectivity index (χ4v) is 2.20. The van der Waals surface area contributed by atoms with E-state index < -0.39 is 5.60 Å². The van der Waals surface area contributed by atoms with Crippen molar-refractivity contribution in [3.05, 3.63) is 35.9 Å². The largest absolute Gasteiger partial charge is 0.446 e. The molecule has 0 N–H and O–H groups in total. The Morgan fingerprint density at radius 1 is 1.12 bits per heavy atom. The molecule has 0 unspecified atom stereocenters. The van der Waals surface area contributed by atoms with Crippen molar-refractivity contribution in [1.29, 1.82) is 0 Å². The van der Waals surface area contributed by atoms with Crippen molar-refractivity contribution >= 4 is 6.47 Å². The lowest BCUT2D eigenvalue weighted by Crippen LogP contribution is -2.29. The van der Waals surface area contributed by atoms with Crippen LogP contribution in [0.3, 0.4) is 0 Å². The number of benzene rings is 1. The van der Waals surface area contributed by atoms with E-state index in [4.69, 9.17) is 4.74 Å². The summed E-state index contributed by atoms with van der Waals surface area (Å²) in [4.78, 5) is 10.6. The van der Waals surface area contributed by atoms with Gasteiger partial charge in [-0.1, -0.05) is 57.0 Å². The Labute approximate surface area is 97.6 Å². The standard InChI is InChI=1S/C14H19O2/c1-3-10-14(11-4-2,16-12-15)13-8-6-5-7-9-13/h5-9H,3-4,10-11H2,1-2H3. The zero-order valence-electron chi connectivity index (χ0n) is 10.0. The second-order valence-corrected chi connectivity index (χ2v) is 4.05. The zero-order chi connectivity index (χ0) is 11.9. The van der Waals surface area contributed by atoms with Crippen molar-refractivity contribution in [1.82, 2.24) is 0 Å². The van der Waals surface area contributed by atoms with Crippen molar-refractivity contribution < 1.29 is 9.53 Å². The number of hydrogen-bond acceptors (Lipinski definition) is 2. The van der Waals surface area contributed by atoms with Crippen molar-refractivity contribution in [2.45, 2.75) is 45.1 Å². The van der Waals surface area contributed by atoms with Gasteiger partial charge in [0.25, 0.3) is 0 Å². The molecule has 0 saturated heterocycles. The van der Waals surface area contributed by atoms with Gasteiger partial charge in [-0.2, -0.15) is 0 Å². The minimum absolute atomic E-state index is 0.480. The summed E-state index contributed by atoms with van der Waals surface area (Å²) in [6.45, 7) is 5.82. The van der Waals surface area contributed by atoms with E-state index in [1.54, 1.807) is 6.47 Å². The van der Waals surface area contributed by atoms with Gasteiger partial charge >= 0.3 is 6.47 Å².